The highest BCUT2D eigenvalue weighted by molar-refractivity contribution is 6.16. The van der Waals surface area contributed by atoms with Crippen molar-refractivity contribution in [3.63, 3.8) is 0 Å². The molecule has 1 aliphatic heterocycles. The molecule has 2 amide bonds. The maximum atomic E-state index is 11.6. The molecule has 5 nitrogen and oxygen atoms in total. The van der Waals surface area contributed by atoms with Gasteiger partial charge in [-0.1, -0.05) is 6.92 Å². The standard InChI is InChI=1S/C9H11N3O2/c1-6-2-8(13)12(9(14)3-6)7-4-10-11-5-7/h4-6H,2-3H2,1H3,(H,10,11). The van der Waals surface area contributed by atoms with Crippen molar-refractivity contribution < 1.29 is 9.59 Å². The van der Waals surface area contributed by atoms with E-state index in [0.29, 0.717) is 18.5 Å². The molecular formula is C9H11N3O2. The fourth-order valence-corrected chi connectivity index (χ4v) is 1.64. The van der Waals surface area contributed by atoms with E-state index in [9.17, 15) is 9.59 Å². The second-order valence-electron chi connectivity index (χ2n) is 3.59. The third kappa shape index (κ3) is 1.41. The molecule has 0 saturated carbocycles. The van der Waals surface area contributed by atoms with Gasteiger partial charge in [0.15, 0.2) is 0 Å². The van der Waals surface area contributed by atoms with Crippen LogP contribution in [-0.4, -0.2) is 22.0 Å². The molecule has 1 fully saturated rings. The van der Waals surface area contributed by atoms with Gasteiger partial charge in [-0.3, -0.25) is 14.7 Å². The summed E-state index contributed by atoms with van der Waals surface area (Å²) in [6.45, 7) is 1.91. The third-order valence-corrected chi connectivity index (χ3v) is 2.29. The topological polar surface area (TPSA) is 66.1 Å². The van der Waals surface area contributed by atoms with Crippen LogP contribution in [0.4, 0.5) is 5.69 Å². The van der Waals surface area contributed by atoms with Gasteiger partial charge < -0.3 is 0 Å². The number of carbonyl (C=O) groups excluding carboxylic acids is 2. The van der Waals surface area contributed by atoms with E-state index in [4.69, 9.17) is 0 Å². The van der Waals surface area contributed by atoms with Crippen molar-refractivity contribution in [3.8, 4) is 0 Å². The summed E-state index contributed by atoms with van der Waals surface area (Å²) >= 11 is 0. The highest BCUT2D eigenvalue weighted by Crippen LogP contribution is 2.23. The second kappa shape index (κ2) is 3.25. The Morgan fingerprint density at radius 1 is 1.43 bits per heavy atom. The van der Waals surface area contributed by atoms with Crippen LogP contribution in [0.2, 0.25) is 0 Å². The lowest BCUT2D eigenvalue weighted by molar-refractivity contribution is -0.130. The number of rotatable bonds is 1. The van der Waals surface area contributed by atoms with Crippen LogP contribution in [0.5, 0.6) is 0 Å². The van der Waals surface area contributed by atoms with Gasteiger partial charge in [-0.05, 0) is 5.92 Å². The molecule has 0 radical (unpaired) electrons. The number of hydrogen-bond acceptors (Lipinski definition) is 3. The van der Waals surface area contributed by atoms with Crippen LogP contribution in [0, 0.1) is 5.92 Å². The van der Waals surface area contributed by atoms with Crippen LogP contribution >= 0.6 is 0 Å². The number of amides is 2. The van der Waals surface area contributed by atoms with Gasteiger partial charge in [-0.25, -0.2) is 4.90 Å². The summed E-state index contributed by atoms with van der Waals surface area (Å²) in [6, 6.07) is 0. The summed E-state index contributed by atoms with van der Waals surface area (Å²) in [6.07, 6.45) is 3.88. The van der Waals surface area contributed by atoms with E-state index >= 15 is 0 Å². The number of H-pyrrole nitrogens is 1. The second-order valence-corrected chi connectivity index (χ2v) is 3.59. The van der Waals surface area contributed by atoms with Gasteiger partial charge in [0.1, 0.15) is 0 Å². The minimum absolute atomic E-state index is 0.143. The van der Waals surface area contributed by atoms with E-state index in [1.165, 1.54) is 11.1 Å². The molecular weight excluding hydrogens is 182 g/mol. The largest absolute Gasteiger partial charge is 0.284 e. The maximum absolute atomic E-state index is 11.6. The number of hydrogen-bond donors (Lipinski definition) is 1. The third-order valence-electron chi connectivity index (χ3n) is 2.29. The Morgan fingerprint density at radius 2 is 2.07 bits per heavy atom. The van der Waals surface area contributed by atoms with E-state index < -0.39 is 0 Å². The first kappa shape index (κ1) is 8.93. The summed E-state index contributed by atoms with van der Waals surface area (Å²) in [7, 11) is 0. The van der Waals surface area contributed by atoms with E-state index in [2.05, 4.69) is 10.2 Å². The molecule has 1 saturated heterocycles. The first-order chi connectivity index (χ1) is 6.68. The smallest absolute Gasteiger partial charge is 0.234 e. The summed E-state index contributed by atoms with van der Waals surface area (Å²) in [5, 5.41) is 6.30. The van der Waals surface area contributed by atoms with Crippen LogP contribution in [-0.2, 0) is 9.59 Å². The molecule has 0 unspecified atom stereocenters. The van der Waals surface area contributed by atoms with Gasteiger partial charge in [0, 0.05) is 19.0 Å². The first-order valence-electron chi connectivity index (χ1n) is 4.53. The normalized spacial score (nSPS) is 19.1. The van der Waals surface area contributed by atoms with Crippen LogP contribution in [0.15, 0.2) is 12.4 Å². The number of nitrogens with one attached hydrogen (secondary N) is 1. The highest BCUT2D eigenvalue weighted by Gasteiger charge is 2.31. The van der Waals surface area contributed by atoms with E-state index in [0.717, 1.165) is 0 Å². The molecule has 0 aliphatic carbocycles. The zero-order chi connectivity index (χ0) is 10.1. The Labute approximate surface area is 81.1 Å². The van der Waals surface area contributed by atoms with Crippen LogP contribution in [0.25, 0.3) is 0 Å². The fraction of sp³-hybridized carbons (Fsp3) is 0.444. The number of carbonyl (C=O) groups is 2. The van der Waals surface area contributed by atoms with Gasteiger partial charge in [0.05, 0.1) is 11.9 Å². The Hall–Kier alpha value is -1.65. The quantitative estimate of drug-likeness (QED) is 0.667. The van der Waals surface area contributed by atoms with Crippen LogP contribution < -0.4 is 4.90 Å². The molecule has 74 valence electrons. The Kier molecular flexibility index (Phi) is 2.07. The molecule has 14 heavy (non-hydrogen) atoms. The summed E-state index contributed by atoms with van der Waals surface area (Å²) in [5.41, 5.74) is 0.534. The van der Waals surface area contributed by atoms with Crippen LogP contribution in [0.3, 0.4) is 0 Å². The van der Waals surface area contributed by atoms with Crippen molar-refractivity contribution >= 4 is 17.5 Å². The molecule has 0 spiro atoms. The van der Waals surface area contributed by atoms with Gasteiger partial charge in [-0.2, -0.15) is 5.10 Å². The predicted molar refractivity (Wildman–Crippen MR) is 49.5 cm³/mol. The van der Waals surface area contributed by atoms with Crippen LogP contribution in [0.1, 0.15) is 19.8 Å². The molecule has 0 bridgehead atoms. The van der Waals surface area contributed by atoms with Crippen molar-refractivity contribution in [1.82, 2.24) is 10.2 Å². The molecule has 1 N–H and O–H groups in total. The van der Waals surface area contributed by atoms with Gasteiger partial charge in [-0.15, -0.1) is 0 Å². The molecule has 1 aromatic rings. The Morgan fingerprint density at radius 3 is 2.57 bits per heavy atom. The van der Waals surface area contributed by atoms with E-state index in [1.807, 2.05) is 6.92 Å². The van der Waals surface area contributed by atoms with E-state index in [-0.39, 0.29) is 17.7 Å². The Bertz CT molecular complexity index is 340. The minimum atomic E-state index is -0.143. The number of imide groups is 1. The van der Waals surface area contributed by atoms with Crippen molar-refractivity contribution in [2.75, 3.05) is 4.90 Å². The summed E-state index contributed by atoms with van der Waals surface area (Å²) in [5.74, 6) is -0.136. The number of anilines is 1. The first-order valence-corrected chi connectivity index (χ1v) is 4.53. The van der Waals surface area contributed by atoms with Gasteiger partial charge in [0.25, 0.3) is 0 Å². The van der Waals surface area contributed by atoms with Crippen molar-refractivity contribution in [2.24, 2.45) is 5.92 Å². The summed E-state index contributed by atoms with van der Waals surface area (Å²) < 4.78 is 0. The maximum Gasteiger partial charge on any atom is 0.234 e. The van der Waals surface area contributed by atoms with Gasteiger partial charge in [0.2, 0.25) is 11.8 Å². The number of nitrogens with zero attached hydrogens (tertiary/aromatic N) is 2. The predicted octanol–water partition coefficient (Wildman–Crippen LogP) is 0.699. The highest BCUT2D eigenvalue weighted by atomic mass is 16.2. The summed E-state index contributed by atoms with van der Waals surface area (Å²) in [4.78, 5) is 24.4. The molecule has 5 heteroatoms. The number of aromatic amines is 1. The molecule has 2 heterocycles. The minimum Gasteiger partial charge on any atom is -0.284 e. The van der Waals surface area contributed by atoms with Crippen molar-refractivity contribution in [3.05, 3.63) is 12.4 Å². The fourth-order valence-electron chi connectivity index (χ4n) is 1.64. The lowest BCUT2D eigenvalue weighted by atomic mass is 9.98. The lowest BCUT2D eigenvalue weighted by Gasteiger charge is -2.26. The molecule has 0 atom stereocenters. The monoisotopic (exact) mass is 193 g/mol. The lowest BCUT2D eigenvalue weighted by Crippen LogP contribution is -2.42. The molecule has 0 aromatic carbocycles. The molecule has 2 rings (SSSR count). The van der Waals surface area contributed by atoms with Gasteiger partial charge >= 0.3 is 0 Å². The SMILES string of the molecule is CC1CC(=O)N(c2cn[nH]c2)C(=O)C1. The number of aromatic nitrogens is 2. The zero-order valence-corrected chi connectivity index (χ0v) is 7.86. The average Bonchev–Trinajstić information content (AvgIpc) is 2.54. The molecule has 1 aromatic heterocycles. The molecule has 1 aliphatic rings. The zero-order valence-electron chi connectivity index (χ0n) is 7.86. The average molecular weight is 193 g/mol. The van der Waals surface area contributed by atoms with Crippen molar-refractivity contribution in [1.29, 1.82) is 0 Å². The Balaban J connectivity index is 2.27. The van der Waals surface area contributed by atoms with E-state index in [1.54, 1.807) is 6.20 Å². The number of piperidine rings is 1. The van der Waals surface area contributed by atoms with Crippen molar-refractivity contribution in [2.45, 2.75) is 19.8 Å².